The molecular formula is C22H26N4O3. The van der Waals surface area contributed by atoms with Crippen molar-refractivity contribution in [3.8, 4) is 0 Å². The molecule has 29 heavy (non-hydrogen) atoms. The Kier molecular flexibility index (Phi) is 5.40. The second kappa shape index (κ2) is 8.13. The molecule has 1 saturated heterocycles. The van der Waals surface area contributed by atoms with Crippen molar-refractivity contribution in [2.24, 2.45) is 0 Å². The van der Waals surface area contributed by atoms with Crippen LogP contribution in [-0.4, -0.2) is 44.2 Å². The van der Waals surface area contributed by atoms with Gasteiger partial charge in [-0.05, 0) is 61.4 Å². The zero-order valence-corrected chi connectivity index (χ0v) is 16.7. The molecule has 0 aliphatic carbocycles. The van der Waals surface area contributed by atoms with E-state index in [0.717, 1.165) is 60.2 Å². The molecule has 2 amide bonds. The van der Waals surface area contributed by atoms with Crippen LogP contribution in [0.4, 0.5) is 22.7 Å². The number of nitrogens with zero attached hydrogens (tertiary/aromatic N) is 1. The zero-order chi connectivity index (χ0) is 20.4. The van der Waals surface area contributed by atoms with Crippen molar-refractivity contribution >= 4 is 34.6 Å². The highest BCUT2D eigenvalue weighted by Crippen LogP contribution is 2.30. The number of nitrogens with one attached hydrogen (secondary N) is 3. The third-order valence-electron chi connectivity index (χ3n) is 5.45. The van der Waals surface area contributed by atoms with E-state index in [0.29, 0.717) is 0 Å². The minimum Gasteiger partial charge on any atom is -0.378 e. The number of carbonyl (C=O) groups excluding carboxylic acids is 2. The first-order chi connectivity index (χ1) is 14.0. The first-order valence-corrected chi connectivity index (χ1v) is 9.91. The fourth-order valence-corrected chi connectivity index (χ4v) is 3.63. The lowest BCUT2D eigenvalue weighted by Crippen LogP contribution is -2.41. The van der Waals surface area contributed by atoms with Crippen LogP contribution in [-0.2, 0) is 14.3 Å². The normalized spacial score (nSPS) is 18.5. The Bertz CT molecular complexity index is 920. The molecule has 0 radical (unpaired) electrons. The van der Waals surface area contributed by atoms with Gasteiger partial charge in [-0.25, -0.2) is 0 Å². The third-order valence-corrected chi connectivity index (χ3v) is 5.45. The molecule has 1 atom stereocenters. The van der Waals surface area contributed by atoms with Crippen LogP contribution in [0.25, 0.3) is 0 Å². The van der Waals surface area contributed by atoms with Crippen molar-refractivity contribution < 1.29 is 14.3 Å². The fraction of sp³-hybridized carbons (Fsp3) is 0.364. The quantitative estimate of drug-likeness (QED) is 0.743. The molecule has 4 rings (SSSR count). The molecule has 7 heteroatoms. The van der Waals surface area contributed by atoms with E-state index in [1.165, 1.54) is 0 Å². The number of carbonyl (C=O) groups is 2. The summed E-state index contributed by atoms with van der Waals surface area (Å²) >= 11 is 0. The molecule has 3 N–H and O–H groups in total. The maximum atomic E-state index is 12.5. The Balaban J connectivity index is 1.36. The molecule has 0 aromatic heterocycles. The van der Waals surface area contributed by atoms with Gasteiger partial charge in [0, 0.05) is 24.5 Å². The van der Waals surface area contributed by atoms with Crippen molar-refractivity contribution in [2.75, 3.05) is 47.2 Å². The molecule has 2 aliphatic heterocycles. The highest BCUT2D eigenvalue weighted by atomic mass is 16.5. The Hall–Kier alpha value is -3.06. The number of amides is 2. The van der Waals surface area contributed by atoms with E-state index in [-0.39, 0.29) is 18.2 Å². The molecule has 1 fully saturated rings. The van der Waals surface area contributed by atoms with E-state index in [9.17, 15) is 9.59 Å². The van der Waals surface area contributed by atoms with Gasteiger partial charge in [0.05, 0.1) is 31.0 Å². The van der Waals surface area contributed by atoms with Gasteiger partial charge in [-0.2, -0.15) is 0 Å². The molecule has 0 saturated carbocycles. The SMILES string of the molecule is Cc1cc2c(cc1C)NC(CC(=O)Nc1ccc(N3CCOCC3)cc1)C(=O)N2. The largest absolute Gasteiger partial charge is 0.378 e. The van der Waals surface area contributed by atoms with Crippen LogP contribution >= 0.6 is 0 Å². The molecular weight excluding hydrogens is 368 g/mol. The molecule has 2 aromatic carbocycles. The summed E-state index contributed by atoms with van der Waals surface area (Å²) in [5.74, 6) is -0.400. The van der Waals surface area contributed by atoms with Crippen LogP contribution in [0, 0.1) is 13.8 Å². The van der Waals surface area contributed by atoms with Crippen LogP contribution in [0.2, 0.25) is 0 Å². The Morgan fingerprint density at radius 1 is 1.10 bits per heavy atom. The van der Waals surface area contributed by atoms with Gasteiger partial charge in [-0.1, -0.05) is 0 Å². The summed E-state index contributed by atoms with van der Waals surface area (Å²) < 4.78 is 5.38. The number of fused-ring (bicyclic) bond motifs is 1. The zero-order valence-electron chi connectivity index (χ0n) is 16.7. The maximum absolute atomic E-state index is 12.5. The fourth-order valence-electron chi connectivity index (χ4n) is 3.63. The lowest BCUT2D eigenvalue weighted by molar-refractivity contribution is -0.122. The second-order valence-electron chi connectivity index (χ2n) is 7.57. The van der Waals surface area contributed by atoms with Gasteiger partial charge in [0.1, 0.15) is 6.04 Å². The summed E-state index contributed by atoms with van der Waals surface area (Å²) in [4.78, 5) is 27.1. The van der Waals surface area contributed by atoms with Gasteiger partial charge in [0.15, 0.2) is 0 Å². The summed E-state index contributed by atoms with van der Waals surface area (Å²) in [6.45, 7) is 7.24. The van der Waals surface area contributed by atoms with Crippen LogP contribution in [0.15, 0.2) is 36.4 Å². The minimum atomic E-state index is -0.600. The lowest BCUT2D eigenvalue weighted by Gasteiger charge is -2.29. The monoisotopic (exact) mass is 394 g/mol. The number of benzene rings is 2. The van der Waals surface area contributed by atoms with Gasteiger partial charge in [-0.15, -0.1) is 0 Å². The minimum absolute atomic E-state index is 0.0589. The molecule has 2 aliphatic rings. The van der Waals surface area contributed by atoms with E-state index in [1.807, 2.05) is 50.2 Å². The number of hydrogen-bond acceptors (Lipinski definition) is 5. The predicted molar refractivity (Wildman–Crippen MR) is 115 cm³/mol. The average Bonchev–Trinajstić information content (AvgIpc) is 2.71. The lowest BCUT2D eigenvalue weighted by atomic mass is 10.0. The topological polar surface area (TPSA) is 82.7 Å². The Morgan fingerprint density at radius 3 is 2.45 bits per heavy atom. The number of rotatable bonds is 4. The van der Waals surface area contributed by atoms with Crippen LogP contribution in [0.3, 0.4) is 0 Å². The standard InChI is InChI=1S/C22H26N4O3/c1-14-11-18-19(12-15(14)2)25-22(28)20(24-18)13-21(27)23-16-3-5-17(6-4-16)26-7-9-29-10-8-26/h3-6,11-12,20,24H,7-10,13H2,1-2H3,(H,23,27)(H,25,28). The first kappa shape index (κ1) is 19.3. The van der Waals surface area contributed by atoms with Gasteiger partial charge in [-0.3, -0.25) is 9.59 Å². The predicted octanol–water partition coefficient (Wildman–Crippen LogP) is 2.90. The second-order valence-corrected chi connectivity index (χ2v) is 7.57. The number of ether oxygens (including phenoxy) is 1. The maximum Gasteiger partial charge on any atom is 0.247 e. The molecule has 0 bridgehead atoms. The summed E-state index contributed by atoms with van der Waals surface area (Å²) in [6.07, 6.45) is 0.0589. The highest BCUT2D eigenvalue weighted by molar-refractivity contribution is 6.06. The molecule has 2 heterocycles. The van der Waals surface area contributed by atoms with Crippen LogP contribution < -0.4 is 20.9 Å². The van der Waals surface area contributed by atoms with E-state index < -0.39 is 6.04 Å². The van der Waals surface area contributed by atoms with Gasteiger partial charge in [0.2, 0.25) is 11.8 Å². The van der Waals surface area contributed by atoms with Crippen molar-refractivity contribution in [2.45, 2.75) is 26.3 Å². The summed E-state index contributed by atoms with van der Waals surface area (Å²) in [6, 6.07) is 11.1. The molecule has 0 spiro atoms. The number of morpholine rings is 1. The molecule has 1 unspecified atom stereocenters. The van der Waals surface area contributed by atoms with E-state index >= 15 is 0 Å². The molecule has 7 nitrogen and oxygen atoms in total. The molecule has 2 aromatic rings. The number of aryl methyl sites for hydroxylation is 2. The highest BCUT2D eigenvalue weighted by Gasteiger charge is 2.28. The van der Waals surface area contributed by atoms with Crippen molar-refractivity contribution in [3.05, 3.63) is 47.5 Å². The van der Waals surface area contributed by atoms with Gasteiger partial charge in [0.25, 0.3) is 0 Å². The number of anilines is 4. The van der Waals surface area contributed by atoms with Crippen molar-refractivity contribution in [1.82, 2.24) is 0 Å². The smallest absolute Gasteiger partial charge is 0.247 e. The van der Waals surface area contributed by atoms with Crippen molar-refractivity contribution in [1.29, 1.82) is 0 Å². The van der Waals surface area contributed by atoms with Crippen LogP contribution in [0.5, 0.6) is 0 Å². The first-order valence-electron chi connectivity index (χ1n) is 9.91. The summed E-state index contributed by atoms with van der Waals surface area (Å²) in [7, 11) is 0. The summed E-state index contributed by atoms with van der Waals surface area (Å²) in [5.41, 5.74) is 5.68. The Labute approximate surface area is 170 Å². The van der Waals surface area contributed by atoms with E-state index in [4.69, 9.17) is 4.74 Å². The van der Waals surface area contributed by atoms with Crippen LogP contribution in [0.1, 0.15) is 17.5 Å². The van der Waals surface area contributed by atoms with Crippen molar-refractivity contribution in [3.63, 3.8) is 0 Å². The summed E-state index contributed by atoms with van der Waals surface area (Å²) in [5, 5.41) is 8.97. The van der Waals surface area contributed by atoms with E-state index in [1.54, 1.807) is 0 Å². The third kappa shape index (κ3) is 4.35. The van der Waals surface area contributed by atoms with Gasteiger partial charge >= 0.3 is 0 Å². The molecule has 152 valence electrons. The van der Waals surface area contributed by atoms with E-state index in [2.05, 4.69) is 20.9 Å². The van der Waals surface area contributed by atoms with Gasteiger partial charge < -0.3 is 25.6 Å². The average molecular weight is 394 g/mol. The number of hydrogen-bond donors (Lipinski definition) is 3. The Morgan fingerprint density at radius 2 is 1.76 bits per heavy atom.